The first-order valence-corrected chi connectivity index (χ1v) is 11.1. The van der Waals surface area contributed by atoms with Crippen LogP contribution in [0.1, 0.15) is 52.9 Å². The molecule has 160 valence electrons. The maximum atomic E-state index is 12.8. The smallest absolute Gasteiger partial charge is 0.255 e. The fourth-order valence-electron chi connectivity index (χ4n) is 4.70. The van der Waals surface area contributed by atoms with Gasteiger partial charge in [-0.2, -0.15) is 0 Å². The fourth-order valence-corrected chi connectivity index (χ4v) is 4.70. The van der Waals surface area contributed by atoms with E-state index in [-0.39, 0.29) is 12.0 Å². The van der Waals surface area contributed by atoms with E-state index in [1.165, 1.54) is 24.0 Å². The Bertz CT molecular complexity index is 870. The SMILES string of the molecule is CC(O)Cc1ccc(C(=O)Nc2ccc3c(c2)C(N2CCN(C)CC2)CCC3)cc1. The number of hydrogen-bond acceptors (Lipinski definition) is 4. The Balaban J connectivity index is 1.48. The summed E-state index contributed by atoms with van der Waals surface area (Å²) in [6.45, 7) is 6.22. The van der Waals surface area contributed by atoms with E-state index in [4.69, 9.17) is 0 Å². The lowest BCUT2D eigenvalue weighted by Gasteiger charge is -2.40. The van der Waals surface area contributed by atoms with E-state index in [2.05, 4.69) is 34.3 Å². The van der Waals surface area contributed by atoms with E-state index in [0.717, 1.165) is 43.9 Å². The maximum Gasteiger partial charge on any atom is 0.255 e. The molecule has 5 nitrogen and oxygen atoms in total. The molecule has 1 aliphatic heterocycles. The molecule has 0 aromatic heterocycles. The van der Waals surface area contributed by atoms with E-state index in [0.29, 0.717) is 18.0 Å². The van der Waals surface area contributed by atoms with Gasteiger partial charge in [-0.15, -0.1) is 0 Å². The van der Waals surface area contributed by atoms with Crippen LogP contribution in [0.5, 0.6) is 0 Å². The average molecular weight is 408 g/mol. The first kappa shape index (κ1) is 21.0. The number of amides is 1. The number of nitrogens with zero attached hydrogens (tertiary/aromatic N) is 2. The first-order chi connectivity index (χ1) is 14.5. The van der Waals surface area contributed by atoms with Gasteiger partial charge in [0.2, 0.25) is 0 Å². The van der Waals surface area contributed by atoms with Gasteiger partial charge in [0, 0.05) is 43.5 Å². The van der Waals surface area contributed by atoms with Crippen LogP contribution in [0.3, 0.4) is 0 Å². The van der Waals surface area contributed by atoms with Crippen LogP contribution in [0.15, 0.2) is 42.5 Å². The van der Waals surface area contributed by atoms with E-state index in [1.807, 2.05) is 30.3 Å². The number of carbonyl (C=O) groups excluding carboxylic acids is 1. The van der Waals surface area contributed by atoms with E-state index < -0.39 is 0 Å². The van der Waals surface area contributed by atoms with Crippen LogP contribution >= 0.6 is 0 Å². The number of anilines is 1. The van der Waals surface area contributed by atoms with E-state index >= 15 is 0 Å². The Kier molecular flexibility index (Phi) is 6.52. The van der Waals surface area contributed by atoms with Crippen LogP contribution in [-0.4, -0.2) is 60.1 Å². The maximum absolute atomic E-state index is 12.8. The molecule has 4 rings (SSSR count). The van der Waals surface area contributed by atoms with Crippen molar-refractivity contribution in [3.63, 3.8) is 0 Å². The highest BCUT2D eigenvalue weighted by molar-refractivity contribution is 6.04. The summed E-state index contributed by atoms with van der Waals surface area (Å²) in [4.78, 5) is 17.8. The minimum absolute atomic E-state index is 0.0921. The predicted molar refractivity (Wildman–Crippen MR) is 121 cm³/mol. The number of benzene rings is 2. The molecule has 0 saturated carbocycles. The topological polar surface area (TPSA) is 55.8 Å². The molecule has 1 amide bonds. The second-order valence-corrected chi connectivity index (χ2v) is 8.87. The lowest BCUT2D eigenvalue weighted by molar-refractivity contribution is 0.102. The Hall–Kier alpha value is -2.21. The summed E-state index contributed by atoms with van der Waals surface area (Å²) in [6.07, 6.45) is 3.76. The summed E-state index contributed by atoms with van der Waals surface area (Å²) in [5.41, 5.74) is 5.34. The fraction of sp³-hybridized carbons (Fsp3) is 0.480. The van der Waals surface area contributed by atoms with Crippen molar-refractivity contribution in [2.45, 2.75) is 44.8 Å². The number of nitrogens with one attached hydrogen (secondary N) is 1. The van der Waals surface area contributed by atoms with Gasteiger partial charge in [-0.3, -0.25) is 9.69 Å². The molecule has 1 saturated heterocycles. The summed E-state index contributed by atoms with van der Waals surface area (Å²) in [5, 5.41) is 12.6. The highest BCUT2D eigenvalue weighted by Crippen LogP contribution is 2.36. The van der Waals surface area contributed by atoms with Crippen molar-refractivity contribution < 1.29 is 9.90 Å². The molecule has 2 aliphatic rings. The Morgan fingerprint density at radius 1 is 1.13 bits per heavy atom. The van der Waals surface area contributed by atoms with Crippen molar-refractivity contribution in [2.75, 3.05) is 38.5 Å². The first-order valence-electron chi connectivity index (χ1n) is 11.1. The number of aryl methyl sites for hydroxylation is 1. The Morgan fingerprint density at radius 3 is 2.57 bits per heavy atom. The van der Waals surface area contributed by atoms with Crippen molar-refractivity contribution in [1.29, 1.82) is 0 Å². The average Bonchev–Trinajstić information content (AvgIpc) is 2.74. The molecule has 1 aliphatic carbocycles. The largest absolute Gasteiger partial charge is 0.393 e. The minimum atomic E-state index is -0.381. The van der Waals surface area contributed by atoms with Gasteiger partial charge in [0.1, 0.15) is 0 Å². The summed E-state index contributed by atoms with van der Waals surface area (Å²) in [6, 6.07) is 14.4. The summed E-state index contributed by atoms with van der Waals surface area (Å²) in [5.74, 6) is -0.0921. The molecule has 1 fully saturated rings. The second-order valence-electron chi connectivity index (χ2n) is 8.87. The number of rotatable bonds is 5. The standard InChI is InChI=1S/C25H33N3O2/c1-18(29)16-19-6-8-21(9-7-19)25(30)26-22-11-10-20-4-3-5-24(23(20)17-22)28-14-12-27(2)13-15-28/h6-11,17-18,24,29H,3-5,12-16H2,1-2H3,(H,26,30). The van der Waals surface area contributed by atoms with E-state index in [1.54, 1.807) is 6.92 Å². The Morgan fingerprint density at radius 2 is 1.87 bits per heavy atom. The lowest BCUT2D eigenvalue weighted by atomic mass is 9.86. The third kappa shape index (κ3) is 4.91. The molecule has 2 aromatic carbocycles. The Labute approximate surface area is 179 Å². The van der Waals surface area contributed by atoms with Crippen LogP contribution in [0, 0.1) is 0 Å². The molecule has 0 bridgehead atoms. The van der Waals surface area contributed by atoms with Crippen LogP contribution in [0.4, 0.5) is 5.69 Å². The predicted octanol–water partition coefficient (Wildman–Crippen LogP) is 3.49. The minimum Gasteiger partial charge on any atom is -0.393 e. The number of aliphatic hydroxyl groups excluding tert-OH is 1. The molecule has 1 heterocycles. The third-order valence-corrected chi connectivity index (χ3v) is 6.41. The number of aliphatic hydroxyl groups is 1. The molecule has 2 unspecified atom stereocenters. The number of hydrogen-bond donors (Lipinski definition) is 2. The van der Waals surface area contributed by atoms with Crippen LogP contribution in [0.25, 0.3) is 0 Å². The van der Waals surface area contributed by atoms with Gasteiger partial charge in [-0.05, 0) is 80.6 Å². The summed E-state index contributed by atoms with van der Waals surface area (Å²) >= 11 is 0. The zero-order valence-electron chi connectivity index (χ0n) is 18.1. The quantitative estimate of drug-likeness (QED) is 0.797. The summed E-state index contributed by atoms with van der Waals surface area (Å²) < 4.78 is 0. The molecule has 2 atom stereocenters. The molecule has 0 radical (unpaired) electrons. The monoisotopic (exact) mass is 407 g/mol. The van der Waals surface area contributed by atoms with Crippen molar-refractivity contribution in [3.05, 3.63) is 64.7 Å². The molecular weight excluding hydrogens is 374 g/mol. The third-order valence-electron chi connectivity index (χ3n) is 6.41. The van der Waals surface area contributed by atoms with Gasteiger partial charge in [-0.1, -0.05) is 18.2 Å². The van der Waals surface area contributed by atoms with Crippen molar-refractivity contribution in [3.8, 4) is 0 Å². The van der Waals surface area contributed by atoms with E-state index in [9.17, 15) is 9.90 Å². The zero-order chi connectivity index (χ0) is 21.1. The van der Waals surface area contributed by atoms with Crippen LogP contribution in [0.2, 0.25) is 0 Å². The normalized spacial score (nSPS) is 21.1. The zero-order valence-corrected chi connectivity index (χ0v) is 18.1. The molecule has 2 aromatic rings. The lowest BCUT2D eigenvalue weighted by Crippen LogP contribution is -2.46. The van der Waals surface area contributed by atoms with Crippen molar-refractivity contribution >= 4 is 11.6 Å². The molecule has 30 heavy (non-hydrogen) atoms. The number of fused-ring (bicyclic) bond motifs is 1. The molecular formula is C25H33N3O2. The number of carbonyl (C=O) groups is 1. The summed E-state index contributed by atoms with van der Waals surface area (Å²) in [7, 11) is 2.19. The van der Waals surface area contributed by atoms with Crippen molar-refractivity contribution in [2.24, 2.45) is 0 Å². The number of piperazine rings is 1. The van der Waals surface area contributed by atoms with Crippen molar-refractivity contribution in [1.82, 2.24) is 9.80 Å². The van der Waals surface area contributed by atoms with Crippen LogP contribution in [-0.2, 0) is 12.8 Å². The molecule has 0 spiro atoms. The second kappa shape index (κ2) is 9.29. The van der Waals surface area contributed by atoms with Crippen LogP contribution < -0.4 is 5.32 Å². The highest BCUT2D eigenvalue weighted by Gasteiger charge is 2.28. The molecule has 2 N–H and O–H groups in total. The van der Waals surface area contributed by atoms with Gasteiger partial charge < -0.3 is 15.3 Å². The molecule has 5 heteroatoms. The van der Waals surface area contributed by atoms with Gasteiger partial charge in [0.05, 0.1) is 6.10 Å². The number of likely N-dealkylation sites (N-methyl/N-ethyl adjacent to an activating group) is 1. The van der Waals surface area contributed by atoms with Gasteiger partial charge in [0.15, 0.2) is 0 Å². The highest BCUT2D eigenvalue weighted by atomic mass is 16.3. The van der Waals surface area contributed by atoms with Gasteiger partial charge >= 0.3 is 0 Å². The van der Waals surface area contributed by atoms with Gasteiger partial charge in [-0.25, -0.2) is 0 Å². The van der Waals surface area contributed by atoms with Gasteiger partial charge in [0.25, 0.3) is 5.91 Å².